The summed E-state index contributed by atoms with van der Waals surface area (Å²) >= 11 is 0. The number of carbonyl (C=O) groups excluding carboxylic acids is 2. The Hall–Kier alpha value is -2.60. The highest BCUT2D eigenvalue weighted by atomic mass is 16.3. The van der Waals surface area contributed by atoms with Gasteiger partial charge in [0.05, 0.1) is 6.10 Å². The highest BCUT2D eigenvalue weighted by Gasteiger charge is 2.35. The van der Waals surface area contributed by atoms with Crippen LogP contribution < -0.4 is 10.6 Å². The molecule has 0 radical (unpaired) electrons. The minimum Gasteiger partial charge on any atom is -0.388 e. The molecule has 2 unspecified atom stereocenters. The van der Waals surface area contributed by atoms with Gasteiger partial charge < -0.3 is 20.7 Å². The number of H-pyrrole nitrogens is 1. The maximum absolute atomic E-state index is 13.2. The Kier molecular flexibility index (Phi) is 7.44. The summed E-state index contributed by atoms with van der Waals surface area (Å²) in [7, 11) is 0. The molecule has 32 heavy (non-hydrogen) atoms. The van der Waals surface area contributed by atoms with Gasteiger partial charge in [-0.25, -0.2) is 0 Å². The molecular weight excluding hydrogens is 402 g/mol. The summed E-state index contributed by atoms with van der Waals surface area (Å²) in [6.45, 7) is 10.2. The summed E-state index contributed by atoms with van der Waals surface area (Å²) in [6.07, 6.45) is 4.00. The lowest BCUT2D eigenvalue weighted by molar-refractivity contribution is -0.118. The van der Waals surface area contributed by atoms with E-state index in [0.717, 1.165) is 53.8 Å². The molecule has 2 aromatic rings. The monoisotopic (exact) mass is 439 g/mol. The number of benzene rings is 1. The number of fused-ring (bicyclic) bond motifs is 1. The second kappa shape index (κ2) is 9.90. The normalized spacial score (nSPS) is 18.0. The molecule has 3 rings (SSSR count). The highest BCUT2D eigenvalue weighted by Crippen LogP contribution is 2.42. The zero-order chi connectivity index (χ0) is 23.5. The van der Waals surface area contributed by atoms with E-state index in [-0.39, 0.29) is 17.2 Å². The number of nitrogens with one attached hydrogen (secondary N) is 3. The van der Waals surface area contributed by atoms with Crippen molar-refractivity contribution in [2.24, 2.45) is 5.41 Å². The van der Waals surface area contributed by atoms with Crippen molar-refractivity contribution in [1.29, 1.82) is 0 Å². The van der Waals surface area contributed by atoms with Crippen molar-refractivity contribution in [2.75, 3.05) is 5.32 Å². The molecule has 1 aliphatic rings. The number of carbonyl (C=O) groups is 2. The summed E-state index contributed by atoms with van der Waals surface area (Å²) in [5, 5.41) is 16.6. The first kappa shape index (κ1) is 24.1. The van der Waals surface area contributed by atoms with E-state index < -0.39 is 12.1 Å². The molecule has 6 nitrogen and oxygen atoms in total. The van der Waals surface area contributed by atoms with Crippen LogP contribution in [0.15, 0.2) is 24.3 Å². The van der Waals surface area contributed by atoms with Crippen molar-refractivity contribution < 1.29 is 14.7 Å². The Morgan fingerprint density at radius 2 is 1.97 bits per heavy atom. The van der Waals surface area contributed by atoms with E-state index >= 15 is 0 Å². The van der Waals surface area contributed by atoms with Crippen molar-refractivity contribution in [1.82, 2.24) is 10.3 Å². The number of aromatic amines is 1. The van der Waals surface area contributed by atoms with E-state index in [9.17, 15) is 14.7 Å². The lowest BCUT2D eigenvalue weighted by atomic mass is 9.75. The van der Waals surface area contributed by atoms with Crippen LogP contribution in [0.1, 0.15) is 92.4 Å². The Morgan fingerprint density at radius 1 is 1.25 bits per heavy atom. The van der Waals surface area contributed by atoms with E-state index in [4.69, 9.17) is 0 Å². The lowest BCUT2D eigenvalue weighted by Crippen LogP contribution is -2.44. The molecule has 1 aliphatic carbocycles. The number of para-hydroxylation sites is 1. The van der Waals surface area contributed by atoms with Gasteiger partial charge in [0.1, 0.15) is 11.7 Å². The van der Waals surface area contributed by atoms with Crippen LogP contribution >= 0.6 is 0 Å². The molecule has 0 saturated heterocycles. The zero-order valence-corrected chi connectivity index (χ0v) is 20.0. The number of rotatable bonds is 8. The van der Waals surface area contributed by atoms with Crippen LogP contribution in [-0.4, -0.2) is 27.9 Å². The molecule has 0 aliphatic heterocycles. The van der Waals surface area contributed by atoms with Gasteiger partial charge in [0.25, 0.3) is 5.91 Å². The summed E-state index contributed by atoms with van der Waals surface area (Å²) < 4.78 is 0. The Bertz CT molecular complexity index is 977. The molecule has 174 valence electrons. The van der Waals surface area contributed by atoms with Gasteiger partial charge in [-0.1, -0.05) is 58.7 Å². The first-order valence-electron chi connectivity index (χ1n) is 11.8. The summed E-state index contributed by atoms with van der Waals surface area (Å²) in [5.74, 6) is -0.509. The second-order valence-electron chi connectivity index (χ2n) is 9.75. The number of anilines is 1. The van der Waals surface area contributed by atoms with Crippen molar-refractivity contribution in [3.05, 3.63) is 52.3 Å². The molecule has 0 spiro atoms. The minimum absolute atomic E-state index is 0.0341. The number of hydrogen-bond acceptors (Lipinski definition) is 3. The maximum atomic E-state index is 13.2. The smallest absolute Gasteiger partial charge is 0.268 e. The second-order valence-corrected chi connectivity index (χ2v) is 9.75. The summed E-state index contributed by atoms with van der Waals surface area (Å²) in [4.78, 5) is 29.5. The van der Waals surface area contributed by atoms with Gasteiger partial charge in [0.15, 0.2) is 0 Å². The van der Waals surface area contributed by atoms with Crippen LogP contribution in [0.5, 0.6) is 0 Å². The van der Waals surface area contributed by atoms with Crippen LogP contribution in [0.3, 0.4) is 0 Å². The van der Waals surface area contributed by atoms with Crippen molar-refractivity contribution in [2.45, 2.75) is 85.3 Å². The van der Waals surface area contributed by atoms with Gasteiger partial charge in [-0.3, -0.25) is 9.59 Å². The number of aliphatic hydroxyl groups is 1. The Labute approximate surface area is 191 Å². The van der Waals surface area contributed by atoms with Gasteiger partial charge >= 0.3 is 0 Å². The predicted octanol–water partition coefficient (Wildman–Crippen LogP) is 4.82. The molecule has 0 fully saturated rings. The molecule has 2 atom stereocenters. The first-order valence-corrected chi connectivity index (χ1v) is 11.8. The van der Waals surface area contributed by atoms with Crippen LogP contribution in [-0.2, 0) is 17.6 Å². The average Bonchev–Trinajstić information content (AvgIpc) is 3.06. The van der Waals surface area contributed by atoms with Crippen LogP contribution in [0.25, 0.3) is 0 Å². The number of amides is 2. The predicted molar refractivity (Wildman–Crippen MR) is 128 cm³/mol. The fraction of sp³-hybridized carbons (Fsp3) is 0.538. The minimum atomic E-state index is -0.631. The van der Waals surface area contributed by atoms with Gasteiger partial charge in [0.2, 0.25) is 5.91 Å². The SMILES string of the molecule is CCCCC(NC(=O)c1[nH]c2c(c1C)C(O)CC(C)(C)C2)C(=O)Nc1ccccc1CC. The van der Waals surface area contributed by atoms with E-state index in [1.54, 1.807) is 0 Å². The third-order valence-electron chi connectivity index (χ3n) is 6.47. The van der Waals surface area contributed by atoms with Crippen LogP contribution in [0.4, 0.5) is 5.69 Å². The Balaban J connectivity index is 1.80. The van der Waals surface area contributed by atoms with E-state index in [0.29, 0.717) is 18.5 Å². The molecule has 4 N–H and O–H groups in total. The molecular formula is C26H37N3O3. The molecule has 0 saturated carbocycles. The van der Waals surface area contributed by atoms with Gasteiger partial charge in [0, 0.05) is 16.9 Å². The molecule has 6 heteroatoms. The summed E-state index contributed by atoms with van der Waals surface area (Å²) in [5.41, 5.74) is 4.77. The number of unbranched alkanes of at least 4 members (excludes halogenated alkanes) is 1. The molecule has 1 heterocycles. The number of aromatic nitrogens is 1. The van der Waals surface area contributed by atoms with Gasteiger partial charge in [-0.2, -0.15) is 0 Å². The standard InChI is InChI=1S/C26H37N3O3/c1-6-8-12-19(24(31)28-18-13-10-9-11-17(18)7-2)29-25(32)23-16(3)22-20(27-23)14-26(4,5)15-21(22)30/h9-11,13,19,21,27,30H,6-8,12,14-15H2,1-5H3,(H,28,31)(H,29,32). The Morgan fingerprint density at radius 3 is 2.66 bits per heavy atom. The first-order chi connectivity index (χ1) is 15.2. The number of aliphatic hydroxyl groups excluding tert-OH is 1. The van der Waals surface area contributed by atoms with E-state index in [1.807, 2.05) is 38.1 Å². The fourth-order valence-electron chi connectivity index (χ4n) is 4.74. The topological polar surface area (TPSA) is 94.2 Å². The molecule has 2 amide bonds. The fourth-order valence-corrected chi connectivity index (χ4v) is 4.74. The van der Waals surface area contributed by atoms with Crippen molar-refractivity contribution in [3.63, 3.8) is 0 Å². The van der Waals surface area contributed by atoms with Crippen LogP contribution in [0.2, 0.25) is 0 Å². The molecule has 1 aromatic carbocycles. The van der Waals surface area contributed by atoms with E-state index in [1.165, 1.54) is 0 Å². The lowest BCUT2D eigenvalue weighted by Gasteiger charge is -2.33. The number of aryl methyl sites for hydroxylation is 1. The highest BCUT2D eigenvalue weighted by molar-refractivity contribution is 6.01. The number of hydrogen-bond donors (Lipinski definition) is 4. The van der Waals surface area contributed by atoms with Gasteiger partial charge in [-0.15, -0.1) is 0 Å². The van der Waals surface area contributed by atoms with Crippen molar-refractivity contribution in [3.8, 4) is 0 Å². The van der Waals surface area contributed by atoms with Crippen LogP contribution in [0, 0.1) is 12.3 Å². The largest absolute Gasteiger partial charge is 0.388 e. The maximum Gasteiger partial charge on any atom is 0.268 e. The zero-order valence-electron chi connectivity index (χ0n) is 20.0. The average molecular weight is 440 g/mol. The third-order valence-corrected chi connectivity index (χ3v) is 6.47. The van der Waals surface area contributed by atoms with E-state index in [2.05, 4.69) is 36.4 Å². The summed E-state index contributed by atoms with van der Waals surface area (Å²) in [6, 6.07) is 7.11. The van der Waals surface area contributed by atoms with Crippen molar-refractivity contribution >= 4 is 17.5 Å². The third kappa shape index (κ3) is 5.23. The quantitative estimate of drug-likeness (QED) is 0.475. The van der Waals surface area contributed by atoms with Gasteiger partial charge in [-0.05, 0) is 55.2 Å². The molecule has 0 bridgehead atoms. The molecule has 1 aromatic heterocycles.